The number of benzene rings is 1. The fourth-order valence-electron chi connectivity index (χ4n) is 9.58. The van der Waals surface area contributed by atoms with Crippen LogP contribution in [0.1, 0.15) is 99.5 Å². The normalized spacial score (nSPS) is 16.7. The van der Waals surface area contributed by atoms with Gasteiger partial charge in [-0.05, 0) is 97.9 Å². The van der Waals surface area contributed by atoms with Crippen LogP contribution in [-0.4, -0.2) is 167 Å². The van der Waals surface area contributed by atoms with Crippen LogP contribution >= 0.6 is 11.8 Å². The van der Waals surface area contributed by atoms with Crippen LogP contribution in [0.15, 0.2) is 30.3 Å². The van der Waals surface area contributed by atoms with Gasteiger partial charge in [0.1, 0.15) is 23.6 Å². The highest BCUT2D eigenvalue weighted by molar-refractivity contribution is 7.99. The number of hydrogen-bond donors (Lipinski definition) is 6. The van der Waals surface area contributed by atoms with Crippen molar-refractivity contribution in [1.29, 1.82) is 0 Å². The lowest BCUT2D eigenvalue weighted by Crippen LogP contribution is -2.46. The first kappa shape index (κ1) is 54.6. The summed E-state index contributed by atoms with van der Waals surface area (Å²) >= 11 is 2.05. The third-order valence-electron chi connectivity index (χ3n) is 13.8. The molecule has 0 saturated carbocycles. The van der Waals surface area contributed by atoms with E-state index in [1.54, 1.807) is 0 Å². The van der Waals surface area contributed by atoms with Gasteiger partial charge in [0, 0.05) is 111 Å². The summed E-state index contributed by atoms with van der Waals surface area (Å²) in [4.78, 5) is 39.5. The van der Waals surface area contributed by atoms with Crippen molar-refractivity contribution in [3.8, 4) is 11.8 Å². The van der Waals surface area contributed by atoms with E-state index >= 15 is 0 Å². The number of morpholine rings is 1. The van der Waals surface area contributed by atoms with Crippen LogP contribution in [0.5, 0.6) is 0 Å². The molecule has 18 heteroatoms. The molecule has 3 saturated heterocycles. The second-order valence-electron chi connectivity index (χ2n) is 19.5. The highest BCUT2D eigenvalue weighted by Crippen LogP contribution is 2.26. The number of hydrogen-bond acceptors (Lipinski definition) is 18. The van der Waals surface area contributed by atoms with E-state index in [-0.39, 0.29) is 18.2 Å². The molecular weight excluding hydrogens is 921 g/mol. The molecule has 392 valence electrons. The molecule has 3 aromatic heterocycles. The summed E-state index contributed by atoms with van der Waals surface area (Å²) < 4.78 is 5.52. The Morgan fingerprint density at radius 3 is 2.03 bits per heavy atom. The fraction of sp³-hybridized carbons (Fsp3) is 0.630. The summed E-state index contributed by atoms with van der Waals surface area (Å²) in [6, 6.07) is 10.8. The molecule has 3 aliphatic heterocycles. The molecule has 0 amide bonds. The molecule has 1 aromatic carbocycles. The van der Waals surface area contributed by atoms with E-state index in [4.69, 9.17) is 35.4 Å². The minimum atomic E-state index is -0.181. The van der Waals surface area contributed by atoms with Gasteiger partial charge < -0.3 is 46.9 Å². The molecule has 3 aliphatic rings. The van der Waals surface area contributed by atoms with Crippen molar-refractivity contribution in [1.82, 2.24) is 44.6 Å². The van der Waals surface area contributed by atoms with E-state index in [0.29, 0.717) is 25.0 Å². The number of nitrogens with two attached hydrogens (primary N) is 1. The fourth-order valence-corrected chi connectivity index (χ4v) is 10.6. The molecule has 0 spiro atoms. The molecule has 0 bridgehead atoms. The highest BCUT2D eigenvalue weighted by atomic mass is 32.2. The number of rotatable bonds is 26. The summed E-state index contributed by atoms with van der Waals surface area (Å²) in [5.74, 6) is 13.1. The Bertz CT molecular complexity index is 2330. The Morgan fingerprint density at radius 1 is 0.653 bits per heavy atom. The van der Waals surface area contributed by atoms with E-state index in [0.717, 1.165) is 189 Å². The molecule has 2 atom stereocenters. The zero-order valence-electron chi connectivity index (χ0n) is 44.3. The zero-order valence-corrected chi connectivity index (χ0v) is 45.1. The lowest BCUT2D eigenvalue weighted by Gasteiger charge is -2.36. The SMILES string of the molecule is CCCCNc1nc(NC(C)CCNc2nc(NC(CCC)Nc3nc(N)nc(C)c3CCCN3CCN(c4ccccc4)CC3)nc(C)c2CCCN2CCSCC2)nc(C)c1C#CCN1CCOCC1. The van der Waals surface area contributed by atoms with Crippen molar-refractivity contribution in [3.05, 3.63) is 64.1 Å². The van der Waals surface area contributed by atoms with E-state index in [9.17, 15) is 0 Å². The summed E-state index contributed by atoms with van der Waals surface area (Å²) in [5, 5.41) is 18.3. The molecule has 7 rings (SSSR count). The standard InChI is InChI=1S/C54H84N16OS/c1-7-9-23-56-49-45(19-13-26-68-32-36-71-37-33-68)42(5)60-53(65-49)58-40(3)22-24-57-50-46(20-14-27-69-34-38-72-39-35-69)43(6)61-54(66-50)63-48(16-8-2)62-51-47(41(4)59-52(55)64-51)21-15-25-67-28-30-70(31-29-67)44-17-11-10-12-18-44/h10-12,17-18,40,48H,7-9,14-16,20-39H2,1-6H3,(H3,55,59,62,64)(H2,56,58,60,65)(H2,57,61,63,66). The number of para-hydroxylation sites is 1. The van der Waals surface area contributed by atoms with Gasteiger partial charge >= 0.3 is 0 Å². The first-order chi connectivity index (χ1) is 35.1. The molecule has 0 aliphatic carbocycles. The van der Waals surface area contributed by atoms with Crippen LogP contribution in [0.4, 0.5) is 41.0 Å². The Labute approximate surface area is 434 Å². The lowest BCUT2D eigenvalue weighted by molar-refractivity contribution is 0.0443. The summed E-state index contributed by atoms with van der Waals surface area (Å²) in [5.41, 5.74) is 13.5. The largest absolute Gasteiger partial charge is 0.379 e. The minimum absolute atomic E-state index is 0.0838. The number of nitrogens with one attached hydrogen (secondary N) is 5. The van der Waals surface area contributed by atoms with Crippen molar-refractivity contribution < 1.29 is 4.74 Å². The predicted molar refractivity (Wildman–Crippen MR) is 300 cm³/mol. The van der Waals surface area contributed by atoms with Crippen LogP contribution < -0.4 is 37.2 Å². The third kappa shape index (κ3) is 16.9. The van der Waals surface area contributed by atoms with Crippen molar-refractivity contribution in [2.75, 3.05) is 147 Å². The van der Waals surface area contributed by atoms with Gasteiger partial charge in [-0.15, -0.1) is 0 Å². The molecule has 3 fully saturated rings. The predicted octanol–water partition coefficient (Wildman–Crippen LogP) is 7.15. The molecule has 2 unspecified atom stereocenters. The molecular formula is C54H84N16OS. The zero-order chi connectivity index (χ0) is 50.5. The van der Waals surface area contributed by atoms with E-state index in [2.05, 4.69) is 133 Å². The van der Waals surface area contributed by atoms with Gasteiger partial charge in [0.05, 0.1) is 31.0 Å². The van der Waals surface area contributed by atoms with Crippen molar-refractivity contribution >= 4 is 52.7 Å². The van der Waals surface area contributed by atoms with Gasteiger partial charge in [0.2, 0.25) is 17.8 Å². The van der Waals surface area contributed by atoms with Crippen molar-refractivity contribution in [2.45, 2.75) is 112 Å². The molecule has 17 nitrogen and oxygen atoms in total. The second kappa shape index (κ2) is 28.9. The topological polar surface area (TPSA) is 186 Å². The number of aryl methyl sites for hydroxylation is 3. The molecule has 6 heterocycles. The Balaban J connectivity index is 1.00. The van der Waals surface area contributed by atoms with Gasteiger partial charge in [-0.2, -0.15) is 26.7 Å². The number of thioether (sulfide) groups is 1. The monoisotopic (exact) mass is 1000 g/mol. The Hall–Kier alpha value is -5.19. The maximum Gasteiger partial charge on any atom is 0.226 e. The first-order valence-electron chi connectivity index (χ1n) is 26.9. The Kier molecular flexibility index (Phi) is 21.9. The summed E-state index contributed by atoms with van der Waals surface area (Å²) in [6.45, 7) is 26.9. The average Bonchev–Trinajstić information content (AvgIpc) is 3.37. The molecule has 7 N–H and O–H groups in total. The quantitative estimate of drug-likeness (QED) is 0.0212. The number of aromatic nitrogens is 6. The summed E-state index contributed by atoms with van der Waals surface area (Å²) in [7, 11) is 0. The van der Waals surface area contributed by atoms with E-state index in [1.807, 2.05) is 13.8 Å². The van der Waals surface area contributed by atoms with Gasteiger partial charge in [-0.1, -0.05) is 56.7 Å². The summed E-state index contributed by atoms with van der Waals surface area (Å²) in [6.07, 6.45) is 8.37. The van der Waals surface area contributed by atoms with Gasteiger partial charge in [-0.25, -0.2) is 15.0 Å². The van der Waals surface area contributed by atoms with Crippen LogP contribution in [0, 0.1) is 32.6 Å². The number of piperazine rings is 1. The van der Waals surface area contributed by atoms with Crippen molar-refractivity contribution in [3.63, 3.8) is 0 Å². The lowest BCUT2D eigenvalue weighted by atomic mass is 10.1. The third-order valence-corrected chi connectivity index (χ3v) is 14.8. The number of anilines is 7. The van der Waals surface area contributed by atoms with Crippen LogP contribution in [0.3, 0.4) is 0 Å². The average molecular weight is 1010 g/mol. The number of ether oxygens (including phenoxy) is 1. The highest BCUT2D eigenvalue weighted by Gasteiger charge is 2.22. The van der Waals surface area contributed by atoms with Crippen LogP contribution in [0.25, 0.3) is 0 Å². The van der Waals surface area contributed by atoms with Crippen molar-refractivity contribution in [2.24, 2.45) is 0 Å². The van der Waals surface area contributed by atoms with Gasteiger partial charge in [-0.3, -0.25) is 9.80 Å². The molecule has 0 radical (unpaired) electrons. The Morgan fingerprint density at radius 2 is 1.31 bits per heavy atom. The van der Waals surface area contributed by atoms with Crippen LogP contribution in [0.2, 0.25) is 0 Å². The number of nitrogens with zero attached hydrogens (tertiary/aromatic N) is 10. The molecule has 4 aromatic rings. The molecule has 72 heavy (non-hydrogen) atoms. The van der Waals surface area contributed by atoms with E-state index < -0.39 is 0 Å². The first-order valence-corrected chi connectivity index (χ1v) is 28.1. The smallest absolute Gasteiger partial charge is 0.226 e. The van der Waals surface area contributed by atoms with Crippen LogP contribution in [-0.2, 0) is 17.6 Å². The van der Waals surface area contributed by atoms with Gasteiger partial charge in [0.25, 0.3) is 0 Å². The second-order valence-corrected chi connectivity index (χ2v) is 20.7. The van der Waals surface area contributed by atoms with Gasteiger partial charge in [0.15, 0.2) is 0 Å². The maximum absolute atomic E-state index is 6.31. The number of unbranched alkanes of at least 4 members (excludes halogenated alkanes) is 1. The van der Waals surface area contributed by atoms with E-state index in [1.165, 1.54) is 22.8 Å². The number of nitrogen functional groups attached to an aromatic ring is 1. The maximum atomic E-state index is 6.31. The minimum Gasteiger partial charge on any atom is -0.379 e.